The molecule has 5 aliphatic rings. The van der Waals surface area contributed by atoms with Crippen LogP contribution in [0.2, 0.25) is 0 Å². The maximum Gasteiger partial charge on any atom is 0.254 e. The molecule has 4 fully saturated rings. The van der Waals surface area contributed by atoms with Gasteiger partial charge in [0.1, 0.15) is 30.2 Å². The lowest BCUT2D eigenvalue weighted by atomic mass is 10.0. The summed E-state index contributed by atoms with van der Waals surface area (Å²) in [4.78, 5) is 59.5. The molecule has 5 heterocycles. The minimum Gasteiger partial charge on any atom is -0.454 e. The van der Waals surface area contributed by atoms with E-state index in [1.165, 1.54) is 17.0 Å². The molecule has 2 aromatic carbocycles. The quantitative estimate of drug-likeness (QED) is 0.322. The van der Waals surface area contributed by atoms with Crippen LogP contribution in [0.3, 0.4) is 0 Å². The van der Waals surface area contributed by atoms with Gasteiger partial charge in [-0.2, -0.15) is 0 Å². The highest BCUT2D eigenvalue weighted by Gasteiger charge is 2.47. The van der Waals surface area contributed by atoms with Crippen molar-refractivity contribution >= 4 is 23.6 Å². The van der Waals surface area contributed by atoms with Crippen molar-refractivity contribution in [2.45, 2.75) is 61.9 Å². The van der Waals surface area contributed by atoms with E-state index in [1.54, 1.807) is 11.0 Å². The Kier molecular flexibility index (Phi) is 8.46. The second-order valence-electron chi connectivity index (χ2n) is 12.6. The first kappa shape index (κ1) is 31.3. The summed E-state index contributed by atoms with van der Waals surface area (Å²) in [6.45, 7) is 0.722. The minimum absolute atomic E-state index is 0.0401. The number of benzene rings is 2. The average molecular weight is 654 g/mol. The lowest BCUT2D eigenvalue weighted by Crippen LogP contribution is -2.63. The summed E-state index contributed by atoms with van der Waals surface area (Å²) in [6.07, 6.45) is -4.67. The largest absolute Gasteiger partial charge is 0.454 e. The summed E-state index contributed by atoms with van der Waals surface area (Å²) in [6, 6.07) is 8.40. The molecule has 0 spiro atoms. The van der Waals surface area contributed by atoms with Gasteiger partial charge in [-0.15, -0.1) is 0 Å². The first-order valence-corrected chi connectivity index (χ1v) is 15.7. The van der Waals surface area contributed by atoms with Crippen molar-refractivity contribution in [1.29, 1.82) is 0 Å². The van der Waals surface area contributed by atoms with Gasteiger partial charge >= 0.3 is 0 Å². The van der Waals surface area contributed by atoms with E-state index in [-0.39, 0.29) is 50.9 Å². The van der Waals surface area contributed by atoms with E-state index in [4.69, 9.17) is 14.2 Å². The molecule has 15 heteroatoms. The van der Waals surface area contributed by atoms with Gasteiger partial charge in [-0.05, 0) is 48.4 Å². The van der Waals surface area contributed by atoms with Gasteiger partial charge in [-0.25, -0.2) is 4.39 Å². The Morgan fingerprint density at radius 3 is 2.51 bits per heavy atom. The predicted molar refractivity (Wildman–Crippen MR) is 159 cm³/mol. The summed E-state index contributed by atoms with van der Waals surface area (Å²) in [5, 5.41) is 27.0. The number of hydrogen-bond donors (Lipinski definition) is 4. The molecule has 5 aliphatic heterocycles. The van der Waals surface area contributed by atoms with Crippen molar-refractivity contribution in [1.82, 2.24) is 25.3 Å². The number of nitrogens with zero attached hydrogens (tertiary/aromatic N) is 3. The maximum absolute atomic E-state index is 14.2. The predicted octanol–water partition coefficient (Wildman–Crippen LogP) is -1.02. The molecular weight excluding hydrogens is 617 g/mol. The number of carbonyl (C=O) groups excluding carboxylic acids is 4. The topological polar surface area (TPSA) is 170 Å². The zero-order valence-corrected chi connectivity index (χ0v) is 25.4. The number of piperazine rings is 1. The number of likely N-dealkylation sites (tertiary alicyclic amines) is 1. The van der Waals surface area contributed by atoms with Gasteiger partial charge in [0.05, 0.1) is 25.1 Å². The van der Waals surface area contributed by atoms with Gasteiger partial charge < -0.3 is 44.9 Å². The van der Waals surface area contributed by atoms with Crippen LogP contribution in [0.1, 0.15) is 28.8 Å². The van der Waals surface area contributed by atoms with Crippen LogP contribution in [0.4, 0.5) is 4.39 Å². The average Bonchev–Trinajstić information content (AvgIpc) is 3.76. The van der Waals surface area contributed by atoms with Gasteiger partial charge in [-0.3, -0.25) is 24.1 Å². The Labute approximate surface area is 269 Å². The van der Waals surface area contributed by atoms with E-state index in [0.29, 0.717) is 31.0 Å². The van der Waals surface area contributed by atoms with Crippen LogP contribution in [0.25, 0.3) is 0 Å². The molecule has 250 valence electrons. The van der Waals surface area contributed by atoms with Crippen LogP contribution in [0.15, 0.2) is 42.5 Å². The van der Waals surface area contributed by atoms with Crippen molar-refractivity contribution in [3.05, 3.63) is 59.4 Å². The van der Waals surface area contributed by atoms with Gasteiger partial charge in [0.15, 0.2) is 11.5 Å². The molecule has 0 aliphatic carbocycles. The number of fused-ring (bicyclic) bond motifs is 7. The molecule has 0 aromatic heterocycles. The van der Waals surface area contributed by atoms with Crippen LogP contribution in [-0.2, 0) is 25.7 Å². The number of hydrogen-bond acceptors (Lipinski definition) is 10. The van der Waals surface area contributed by atoms with Gasteiger partial charge in [0.25, 0.3) is 5.91 Å². The lowest BCUT2D eigenvalue weighted by molar-refractivity contribution is -0.141. The van der Waals surface area contributed by atoms with Crippen molar-refractivity contribution in [2.75, 3.05) is 39.5 Å². The Morgan fingerprint density at radius 2 is 1.70 bits per heavy atom. The third-order valence-electron chi connectivity index (χ3n) is 9.55. The first-order valence-electron chi connectivity index (χ1n) is 15.7. The van der Waals surface area contributed by atoms with Crippen molar-refractivity contribution in [3.8, 4) is 11.5 Å². The highest BCUT2D eigenvalue weighted by Crippen LogP contribution is 2.34. The number of amides is 4. The first-order chi connectivity index (χ1) is 22.6. The number of rotatable bonds is 3. The Balaban J connectivity index is 1.18. The van der Waals surface area contributed by atoms with Gasteiger partial charge in [0, 0.05) is 44.3 Å². The second-order valence-corrected chi connectivity index (χ2v) is 12.6. The Morgan fingerprint density at radius 1 is 0.936 bits per heavy atom. The number of nitrogens with one attached hydrogen (secondary N) is 2. The standard InChI is InChI=1S/C32H36FN5O9/c33-19-4-2-18(3-5-19)31(43)38-8-7-36-15-22(38)30(42)34-12-26-29(41)28(40)25(47-26)11-27(39)35-20-10-21(32(36)44)37(14-20)13-17-1-6-23-24(9-17)46-16-45-23/h1-6,9,20-22,25-26,28-29,40-41H,7-8,10-16H2,(H,34,42)(H,35,39)/t20-,21-,22-,25-,26+,28-,29+/m0/s1. The second kappa shape index (κ2) is 12.7. The fourth-order valence-corrected chi connectivity index (χ4v) is 7.08. The molecular formula is C32H36FN5O9. The van der Waals surface area contributed by atoms with E-state index in [2.05, 4.69) is 10.6 Å². The Hall–Kier alpha value is -4.31. The van der Waals surface area contributed by atoms with Crippen LogP contribution >= 0.6 is 0 Å². The Bertz CT molecular complexity index is 1560. The fourth-order valence-electron chi connectivity index (χ4n) is 7.08. The van der Waals surface area contributed by atoms with Crippen LogP contribution in [0, 0.1) is 5.82 Å². The van der Waals surface area contributed by atoms with Crippen LogP contribution in [-0.4, -0.2) is 131 Å². The molecule has 7 atom stereocenters. The summed E-state index contributed by atoms with van der Waals surface area (Å²) in [5.74, 6) is -0.989. The third kappa shape index (κ3) is 6.23. The van der Waals surface area contributed by atoms with Crippen molar-refractivity contribution in [3.63, 3.8) is 0 Å². The summed E-state index contributed by atoms with van der Waals surface area (Å²) in [7, 11) is 0. The molecule has 0 unspecified atom stereocenters. The molecule has 6 bridgehead atoms. The molecule has 0 saturated carbocycles. The number of halogens is 1. The molecule has 7 rings (SSSR count). The monoisotopic (exact) mass is 653 g/mol. The number of carbonyl (C=O) groups is 4. The summed E-state index contributed by atoms with van der Waals surface area (Å²) < 4.78 is 30.4. The number of ether oxygens (including phenoxy) is 3. The van der Waals surface area contributed by atoms with E-state index in [1.807, 2.05) is 17.0 Å². The zero-order chi connectivity index (χ0) is 32.8. The smallest absolute Gasteiger partial charge is 0.254 e. The van der Waals surface area contributed by atoms with E-state index in [9.17, 15) is 33.8 Å². The molecule has 4 amide bonds. The van der Waals surface area contributed by atoms with Crippen LogP contribution < -0.4 is 20.1 Å². The highest BCUT2D eigenvalue weighted by atomic mass is 19.1. The van der Waals surface area contributed by atoms with Crippen LogP contribution in [0.5, 0.6) is 11.5 Å². The SMILES string of the molecule is O=C1C[C@@H]2O[C@H](CNC(=O)[C@@H]3CN(CCN3C(=O)c3ccc(F)cc3)C(=O)[C@@H]3C[C@@H](CN3Cc3ccc4c(c3)OCO4)N1)[C@@H](O)[C@H]2O. The molecule has 0 radical (unpaired) electrons. The van der Waals surface area contributed by atoms with Crippen molar-refractivity contribution in [2.24, 2.45) is 0 Å². The molecule has 14 nitrogen and oxygen atoms in total. The normalized spacial score (nSPS) is 31.1. The third-order valence-corrected chi connectivity index (χ3v) is 9.55. The minimum atomic E-state index is -1.36. The summed E-state index contributed by atoms with van der Waals surface area (Å²) >= 11 is 0. The number of aliphatic hydroxyl groups is 2. The highest BCUT2D eigenvalue weighted by molar-refractivity contribution is 5.98. The van der Waals surface area contributed by atoms with E-state index < -0.39 is 66.1 Å². The molecule has 4 saturated heterocycles. The van der Waals surface area contributed by atoms with Crippen molar-refractivity contribution < 1.29 is 48.0 Å². The maximum atomic E-state index is 14.2. The van der Waals surface area contributed by atoms with Gasteiger partial charge in [0.2, 0.25) is 24.5 Å². The molecule has 2 aromatic rings. The fraction of sp³-hybridized carbons (Fsp3) is 0.500. The summed E-state index contributed by atoms with van der Waals surface area (Å²) in [5.41, 5.74) is 1.07. The number of aliphatic hydroxyl groups excluding tert-OH is 2. The molecule has 4 N–H and O–H groups in total. The molecule has 47 heavy (non-hydrogen) atoms. The zero-order valence-electron chi connectivity index (χ0n) is 25.4. The van der Waals surface area contributed by atoms with E-state index in [0.717, 1.165) is 17.7 Å². The van der Waals surface area contributed by atoms with Gasteiger partial charge in [-0.1, -0.05) is 6.07 Å². The lowest BCUT2D eigenvalue weighted by Gasteiger charge is -2.42. The van der Waals surface area contributed by atoms with E-state index >= 15 is 0 Å².